The molecule has 3 aromatic carbocycles. The zero-order valence-electron chi connectivity index (χ0n) is 20.3. The Morgan fingerprint density at radius 2 is 1.64 bits per heavy atom. The number of hydrogen-bond donors (Lipinski definition) is 1. The lowest BCUT2D eigenvalue weighted by Gasteiger charge is -2.23. The van der Waals surface area contributed by atoms with Crippen molar-refractivity contribution < 1.29 is 9.59 Å². The number of nitrogens with two attached hydrogens (primary N) is 1. The highest BCUT2D eigenvalue weighted by Gasteiger charge is 2.32. The molecule has 182 valence electrons. The van der Waals surface area contributed by atoms with Crippen LogP contribution in [0.3, 0.4) is 0 Å². The van der Waals surface area contributed by atoms with Gasteiger partial charge >= 0.3 is 11.7 Å². The van der Waals surface area contributed by atoms with Crippen molar-refractivity contribution in [1.82, 2.24) is 14.3 Å². The molecule has 2 heterocycles. The fourth-order valence-electron chi connectivity index (χ4n) is 4.61. The summed E-state index contributed by atoms with van der Waals surface area (Å²) in [6, 6.07) is 18.5. The highest BCUT2D eigenvalue weighted by Crippen LogP contribution is 2.35. The lowest BCUT2D eigenvalue weighted by molar-refractivity contribution is 0.1000. The Morgan fingerprint density at radius 1 is 0.917 bits per heavy atom. The first-order chi connectivity index (χ1) is 17.2. The first kappa shape index (κ1) is 23.1. The Morgan fingerprint density at radius 3 is 2.31 bits per heavy atom. The predicted molar refractivity (Wildman–Crippen MR) is 139 cm³/mol. The van der Waals surface area contributed by atoms with Crippen LogP contribution in [0.1, 0.15) is 21.5 Å². The van der Waals surface area contributed by atoms with E-state index < -0.39 is 5.91 Å². The van der Waals surface area contributed by atoms with E-state index in [1.54, 1.807) is 41.1 Å². The minimum Gasteiger partial charge on any atom is -0.366 e. The standard InChI is InChI=1S/C27H26N6O3/c1-17-13-23(19-7-9-21(10-8-19)33-16-29-30(3)26(33)35)18(2)24(14-17)32-12-11-31(27(32)36)22-6-4-5-20(15-22)25(28)34/h4-10,13-16H,11-12H2,1-3H3,(H2,28,34). The molecule has 1 fully saturated rings. The number of carbonyl (C=O) groups excluding carboxylic acids is 2. The van der Waals surface area contributed by atoms with E-state index in [0.717, 1.165) is 33.6 Å². The zero-order valence-corrected chi connectivity index (χ0v) is 20.3. The van der Waals surface area contributed by atoms with Crippen molar-refractivity contribution in [1.29, 1.82) is 0 Å². The number of aryl methyl sites for hydroxylation is 2. The summed E-state index contributed by atoms with van der Waals surface area (Å²) in [5.41, 5.74) is 11.8. The molecular weight excluding hydrogens is 456 g/mol. The highest BCUT2D eigenvalue weighted by molar-refractivity contribution is 6.07. The molecule has 3 amide bonds. The highest BCUT2D eigenvalue weighted by atomic mass is 16.2. The number of urea groups is 1. The van der Waals surface area contributed by atoms with E-state index in [1.807, 2.05) is 44.2 Å². The molecule has 9 nitrogen and oxygen atoms in total. The monoisotopic (exact) mass is 482 g/mol. The van der Waals surface area contributed by atoms with Crippen molar-refractivity contribution in [3.8, 4) is 16.8 Å². The predicted octanol–water partition coefficient (Wildman–Crippen LogP) is 3.40. The van der Waals surface area contributed by atoms with E-state index in [-0.39, 0.29) is 11.7 Å². The molecule has 0 spiro atoms. The molecule has 0 radical (unpaired) electrons. The largest absolute Gasteiger partial charge is 0.366 e. The second-order valence-corrected chi connectivity index (χ2v) is 8.91. The van der Waals surface area contributed by atoms with Gasteiger partial charge in [0, 0.05) is 37.1 Å². The van der Waals surface area contributed by atoms with Crippen LogP contribution in [0.4, 0.5) is 16.2 Å². The quantitative estimate of drug-likeness (QED) is 0.470. The molecule has 9 heteroatoms. The van der Waals surface area contributed by atoms with E-state index in [9.17, 15) is 14.4 Å². The number of carbonyl (C=O) groups is 2. The van der Waals surface area contributed by atoms with Gasteiger partial charge in [0.15, 0.2) is 0 Å². The molecular formula is C27H26N6O3. The van der Waals surface area contributed by atoms with Crippen LogP contribution in [0.2, 0.25) is 0 Å². The molecule has 4 aromatic rings. The molecule has 1 aliphatic rings. The van der Waals surface area contributed by atoms with E-state index in [2.05, 4.69) is 11.2 Å². The summed E-state index contributed by atoms with van der Waals surface area (Å²) in [4.78, 5) is 40.7. The number of aromatic nitrogens is 3. The smallest absolute Gasteiger partial charge is 0.350 e. The second-order valence-electron chi connectivity index (χ2n) is 8.91. The topological polar surface area (TPSA) is 106 Å². The normalized spacial score (nSPS) is 13.5. The Hall–Kier alpha value is -4.66. The summed E-state index contributed by atoms with van der Waals surface area (Å²) in [6.45, 7) is 5.03. The molecule has 0 unspecified atom stereocenters. The Labute approximate surface area is 208 Å². The summed E-state index contributed by atoms with van der Waals surface area (Å²) < 4.78 is 2.77. The van der Waals surface area contributed by atoms with Crippen molar-refractivity contribution in [2.24, 2.45) is 12.8 Å². The van der Waals surface area contributed by atoms with E-state index in [1.165, 1.54) is 15.6 Å². The third-order valence-electron chi connectivity index (χ3n) is 6.55. The number of hydrogen-bond acceptors (Lipinski definition) is 4. The minimum absolute atomic E-state index is 0.150. The van der Waals surface area contributed by atoms with Gasteiger partial charge in [0.25, 0.3) is 0 Å². The first-order valence-electron chi connectivity index (χ1n) is 11.6. The van der Waals surface area contributed by atoms with Gasteiger partial charge in [0.2, 0.25) is 5.91 Å². The van der Waals surface area contributed by atoms with Gasteiger partial charge in [-0.15, -0.1) is 0 Å². The average Bonchev–Trinajstić information content (AvgIpc) is 3.42. The number of primary amides is 1. The third-order valence-corrected chi connectivity index (χ3v) is 6.55. The van der Waals surface area contributed by atoms with Gasteiger partial charge in [-0.3, -0.25) is 14.6 Å². The van der Waals surface area contributed by atoms with Crippen molar-refractivity contribution in [3.63, 3.8) is 0 Å². The van der Waals surface area contributed by atoms with Crippen molar-refractivity contribution in [2.75, 3.05) is 22.9 Å². The van der Waals surface area contributed by atoms with Gasteiger partial charge in [-0.1, -0.05) is 24.3 Å². The SMILES string of the molecule is Cc1cc(-c2ccc(-n3cnn(C)c3=O)cc2)c(C)c(N2CCN(c3cccc(C(N)=O)c3)C2=O)c1. The molecule has 0 atom stereocenters. The Balaban J connectivity index is 1.47. The van der Waals surface area contributed by atoms with Gasteiger partial charge in [0.05, 0.1) is 5.69 Å². The van der Waals surface area contributed by atoms with Gasteiger partial charge in [-0.25, -0.2) is 18.8 Å². The third kappa shape index (κ3) is 3.94. The first-order valence-corrected chi connectivity index (χ1v) is 11.6. The fraction of sp³-hybridized carbons (Fsp3) is 0.185. The number of amides is 3. The molecule has 0 saturated carbocycles. The number of rotatable bonds is 5. The van der Waals surface area contributed by atoms with Crippen LogP contribution in [0.25, 0.3) is 16.8 Å². The number of nitrogens with zero attached hydrogens (tertiary/aromatic N) is 5. The summed E-state index contributed by atoms with van der Waals surface area (Å²) in [7, 11) is 1.61. The van der Waals surface area contributed by atoms with E-state index >= 15 is 0 Å². The van der Waals surface area contributed by atoms with Gasteiger partial charge < -0.3 is 5.73 Å². The number of benzene rings is 3. The number of anilines is 2. The van der Waals surface area contributed by atoms with Gasteiger partial charge in [0.1, 0.15) is 6.33 Å². The molecule has 1 aromatic heterocycles. The zero-order chi connectivity index (χ0) is 25.6. The van der Waals surface area contributed by atoms with Crippen molar-refractivity contribution in [3.05, 3.63) is 94.2 Å². The maximum atomic E-state index is 13.4. The molecule has 0 aliphatic carbocycles. The summed E-state index contributed by atoms with van der Waals surface area (Å²) in [5, 5.41) is 4.01. The van der Waals surface area contributed by atoms with Crippen molar-refractivity contribution >= 4 is 23.3 Å². The van der Waals surface area contributed by atoms with Crippen LogP contribution < -0.4 is 21.2 Å². The minimum atomic E-state index is -0.529. The average molecular weight is 483 g/mol. The lowest BCUT2D eigenvalue weighted by atomic mass is 9.96. The lowest BCUT2D eigenvalue weighted by Crippen LogP contribution is -2.32. The Bertz CT molecular complexity index is 1550. The summed E-state index contributed by atoms with van der Waals surface area (Å²) in [6.07, 6.45) is 1.50. The van der Waals surface area contributed by atoms with Crippen molar-refractivity contribution in [2.45, 2.75) is 13.8 Å². The van der Waals surface area contributed by atoms with Crippen LogP contribution in [0, 0.1) is 13.8 Å². The van der Waals surface area contributed by atoms with Gasteiger partial charge in [-0.2, -0.15) is 5.10 Å². The Kier molecular flexibility index (Phi) is 5.68. The van der Waals surface area contributed by atoms with Crippen LogP contribution in [0.15, 0.2) is 71.8 Å². The van der Waals surface area contributed by atoms with E-state index in [0.29, 0.717) is 24.3 Å². The molecule has 1 aliphatic heterocycles. The maximum absolute atomic E-state index is 13.4. The summed E-state index contributed by atoms with van der Waals surface area (Å²) >= 11 is 0. The van der Waals surface area contributed by atoms with E-state index in [4.69, 9.17) is 5.73 Å². The summed E-state index contributed by atoms with van der Waals surface area (Å²) in [5.74, 6) is -0.529. The van der Waals surface area contributed by atoms with Crippen LogP contribution in [-0.4, -0.2) is 39.4 Å². The molecule has 0 bridgehead atoms. The molecule has 5 rings (SSSR count). The molecule has 1 saturated heterocycles. The molecule has 2 N–H and O–H groups in total. The van der Waals surface area contributed by atoms with Crippen LogP contribution in [0.5, 0.6) is 0 Å². The van der Waals surface area contributed by atoms with Gasteiger partial charge in [-0.05, 0) is 72.5 Å². The van der Waals surface area contributed by atoms with Crippen LogP contribution in [-0.2, 0) is 7.05 Å². The maximum Gasteiger partial charge on any atom is 0.350 e. The second kappa shape index (κ2) is 8.84. The van der Waals surface area contributed by atoms with Crippen LogP contribution >= 0.6 is 0 Å². The fourth-order valence-corrected chi connectivity index (χ4v) is 4.61. The molecule has 36 heavy (non-hydrogen) atoms.